The fraction of sp³-hybridized carbons (Fsp3) is 0.286. The Bertz CT molecular complexity index is 540. The molecule has 1 unspecified atom stereocenters. The van der Waals surface area contributed by atoms with E-state index in [9.17, 15) is 9.50 Å². The summed E-state index contributed by atoms with van der Waals surface area (Å²) in [5, 5.41) is 10.1. The summed E-state index contributed by atoms with van der Waals surface area (Å²) in [6.07, 6.45) is 2.73. The molecule has 0 amide bonds. The summed E-state index contributed by atoms with van der Waals surface area (Å²) in [6, 6.07) is 4.56. The van der Waals surface area contributed by atoms with Crippen LogP contribution in [0.2, 0.25) is 0 Å². The highest BCUT2D eigenvalue weighted by Gasteiger charge is 2.12. The zero-order chi connectivity index (χ0) is 13.1. The Morgan fingerprint density at radius 3 is 2.67 bits per heavy atom. The van der Waals surface area contributed by atoms with E-state index in [1.54, 1.807) is 18.5 Å². The van der Waals surface area contributed by atoms with Crippen LogP contribution in [0, 0.1) is 19.7 Å². The Labute approximate surface area is 105 Å². The lowest BCUT2D eigenvalue weighted by atomic mass is 10.0. The van der Waals surface area contributed by atoms with Gasteiger partial charge in [0.15, 0.2) is 0 Å². The highest BCUT2D eigenvalue weighted by Crippen LogP contribution is 2.19. The summed E-state index contributed by atoms with van der Waals surface area (Å²) in [5.74, 6) is -0.294. The number of rotatable bonds is 3. The largest absolute Gasteiger partial charge is 0.386 e. The normalized spacial score (nSPS) is 12.4. The predicted octanol–water partition coefficient (Wildman–Crippen LogP) is 2.51. The van der Waals surface area contributed by atoms with Crippen LogP contribution in [0.15, 0.2) is 30.6 Å². The molecule has 4 heteroatoms. The molecule has 0 aliphatic rings. The van der Waals surface area contributed by atoms with Gasteiger partial charge in [-0.3, -0.25) is 9.97 Å². The van der Waals surface area contributed by atoms with Crippen molar-refractivity contribution < 1.29 is 9.50 Å². The fourth-order valence-corrected chi connectivity index (χ4v) is 1.75. The average molecular weight is 246 g/mol. The lowest BCUT2D eigenvalue weighted by Crippen LogP contribution is -2.06. The van der Waals surface area contributed by atoms with Crippen molar-refractivity contribution in [2.45, 2.75) is 26.4 Å². The first-order chi connectivity index (χ1) is 8.56. The van der Waals surface area contributed by atoms with Gasteiger partial charge >= 0.3 is 0 Å². The van der Waals surface area contributed by atoms with Gasteiger partial charge in [-0.1, -0.05) is 6.07 Å². The van der Waals surface area contributed by atoms with Gasteiger partial charge in [-0.25, -0.2) is 4.39 Å². The molecule has 18 heavy (non-hydrogen) atoms. The molecule has 1 heterocycles. The van der Waals surface area contributed by atoms with Crippen LogP contribution < -0.4 is 0 Å². The second-order valence-corrected chi connectivity index (χ2v) is 4.37. The van der Waals surface area contributed by atoms with Crippen LogP contribution >= 0.6 is 0 Å². The summed E-state index contributed by atoms with van der Waals surface area (Å²) in [7, 11) is 0. The van der Waals surface area contributed by atoms with E-state index in [0.717, 1.165) is 16.8 Å². The van der Waals surface area contributed by atoms with E-state index in [0.29, 0.717) is 12.1 Å². The first kappa shape index (κ1) is 12.6. The SMILES string of the molecule is Cc1cnc(C(O)Cc2cc(F)ccc2C)cn1. The number of hydrogen-bond acceptors (Lipinski definition) is 3. The van der Waals surface area contributed by atoms with Crippen molar-refractivity contribution in [3.05, 3.63) is 58.9 Å². The van der Waals surface area contributed by atoms with E-state index >= 15 is 0 Å². The number of halogens is 1. The number of aryl methyl sites for hydroxylation is 2. The molecule has 1 N–H and O–H groups in total. The molecule has 0 bridgehead atoms. The zero-order valence-electron chi connectivity index (χ0n) is 10.4. The first-order valence-corrected chi connectivity index (χ1v) is 5.78. The van der Waals surface area contributed by atoms with Crippen LogP contribution in [-0.4, -0.2) is 15.1 Å². The maximum absolute atomic E-state index is 13.1. The Morgan fingerprint density at radius 1 is 1.22 bits per heavy atom. The van der Waals surface area contributed by atoms with Crippen LogP contribution in [0.4, 0.5) is 4.39 Å². The maximum Gasteiger partial charge on any atom is 0.123 e. The molecular formula is C14H15FN2O. The lowest BCUT2D eigenvalue weighted by Gasteiger charge is -2.12. The minimum Gasteiger partial charge on any atom is -0.386 e. The molecule has 0 fully saturated rings. The third-order valence-electron chi connectivity index (χ3n) is 2.87. The summed E-state index contributed by atoms with van der Waals surface area (Å²) in [5.41, 5.74) is 3.04. The molecule has 2 aromatic rings. The molecule has 94 valence electrons. The second kappa shape index (κ2) is 5.23. The monoisotopic (exact) mass is 246 g/mol. The Morgan fingerprint density at radius 2 is 2.00 bits per heavy atom. The Hall–Kier alpha value is -1.81. The topological polar surface area (TPSA) is 46.0 Å². The van der Waals surface area contributed by atoms with Gasteiger partial charge in [-0.2, -0.15) is 0 Å². The van der Waals surface area contributed by atoms with Gasteiger partial charge in [0.1, 0.15) is 11.9 Å². The molecule has 1 atom stereocenters. The predicted molar refractivity (Wildman–Crippen MR) is 66.6 cm³/mol. The van der Waals surface area contributed by atoms with Crippen molar-refractivity contribution in [2.24, 2.45) is 0 Å². The number of aliphatic hydroxyl groups excluding tert-OH is 1. The molecule has 0 aliphatic heterocycles. The highest BCUT2D eigenvalue weighted by atomic mass is 19.1. The smallest absolute Gasteiger partial charge is 0.123 e. The number of aromatic nitrogens is 2. The van der Waals surface area contributed by atoms with Gasteiger partial charge in [0.05, 0.1) is 17.6 Å². The average Bonchev–Trinajstić information content (AvgIpc) is 2.34. The molecule has 1 aromatic carbocycles. The standard InChI is InChI=1S/C14H15FN2O/c1-9-3-4-12(15)5-11(9)6-14(18)13-8-16-10(2)7-17-13/h3-5,7-8,14,18H,6H2,1-2H3. The van der Waals surface area contributed by atoms with Crippen molar-refractivity contribution in [1.29, 1.82) is 0 Å². The van der Waals surface area contributed by atoms with Crippen LogP contribution in [0.25, 0.3) is 0 Å². The number of benzene rings is 1. The zero-order valence-corrected chi connectivity index (χ0v) is 10.4. The van der Waals surface area contributed by atoms with Crippen molar-refractivity contribution >= 4 is 0 Å². The molecule has 3 nitrogen and oxygen atoms in total. The number of hydrogen-bond donors (Lipinski definition) is 1. The Kier molecular flexibility index (Phi) is 3.67. The minimum atomic E-state index is -0.765. The van der Waals surface area contributed by atoms with Gasteiger partial charge in [0, 0.05) is 12.6 Å². The van der Waals surface area contributed by atoms with E-state index < -0.39 is 6.10 Å². The quantitative estimate of drug-likeness (QED) is 0.905. The summed E-state index contributed by atoms with van der Waals surface area (Å²) >= 11 is 0. The molecular weight excluding hydrogens is 231 g/mol. The number of aliphatic hydroxyl groups is 1. The first-order valence-electron chi connectivity index (χ1n) is 5.78. The van der Waals surface area contributed by atoms with Crippen molar-refractivity contribution in [2.75, 3.05) is 0 Å². The van der Waals surface area contributed by atoms with Crippen LogP contribution in [0.3, 0.4) is 0 Å². The van der Waals surface area contributed by atoms with Gasteiger partial charge in [0.2, 0.25) is 0 Å². The molecule has 0 saturated heterocycles. The fourth-order valence-electron chi connectivity index (χ4n) is 1.75. The third kappa shape index (κ3) is 2.90. The molecule has 2 rings (SSSR count). The molecule has 0 radical (unpaired) electrons. The molecule has 0 spiro atoms. The van der Waals surface area contributed by atoms with Crippen molar-refractivity contribution in [1.82, 2.24) is 9.97 Å². The Balaban J connectivity index is 2.18. The minimum absolute atomic E-state index is 0.294. The molecule has 1 aromatic heterocycles. The van der Waals surface area contributed by atoms with Crippen LogP contribution in [-0.2, 0) is 6.42 Å². The van der Waals surface area contributed by atoms with Gasteiger partial charge in [-0.15, -0.1) is 0 Å². The van der Waals surface area contributed by atoms with Gasteiger partial charge in [0.25, 0.3) is 0 Å². The summed E-state index contributed by atoms with van der Waals surface area (Å²) in [4.78, 5) is 8.21. The van der Waals surface area contributed by atoms with E-state index in [4.69, 9.17) is 0 Å². The van der Waals surface area contributed by atoms with Crippen LogP contribution in [0.1, 0.15) is 28.6 Å². The van der Waals surface area contributed by atoms with E-state index in [1.165, 1.54) is 12.1 Å². The summed E-state index contributed by atoms with van der Waals surface area (Å²) in [6.45, 7) is 3.72. The number of nitrogens with zero attached hydrogens (tertiary/aromatic N) is 2. The molecule has 0 aliphatic carbocycles. The van der Waals surface area contributed by atoms with Crippen molar-refractivity contribution in [3.8, 4) is 0 Å². The highest BCUT2D eigenvalue weighted by molar-refractivity contribution is 5.28. The maximum atomic E-state index is 13.1. The lowest BCUT2D eigenvalue weighted by molar-refractivity contribution is 0.173. The van der Waals surface area contributed by atoms with E-state index in [2.05, 4.69) is 9.97 Å². The van der Waals surface area contributed by atoms with E-state index in [-0.39, 0.29) is 5.82 Å². The molecule has 0 saturated carbocycles. The van der Waals surface area contributed by atoms with Crippen molar-refractivity contribution in [3.63, 3.8) is 0 Å². The van der Waals surface area contributed by atoms with Gasteiger partial charge < -0.3 is 5.11 Å². The van der Waals surface area contributed by atoms with Crippen LogP contribution in [0.5, 0.6) is 0 Å². The third-order valence-corrected chi connectivity index (χ3v) is 2.87. The second-order valence-electron chi connectivity index (χ2n) is 4.37. The summed E-state index contributed by atoms with van der Waals surface area (Å²) < 4.78 is 13.1. The van der Waals surface area contributed by atoms with E-state index in [1.807, 2.05) is 13.8 Å². The van der Waals surface area contributed by atoms with Gasteiger partial charge in [-0.05, 0) is 37.1 Å².